The molecule has 1 aliphatic rings. The van der Waals surface area contributed by atoms with E-state index in [1.165, 1.54) is 11.3 Å². The van der Waals surface area contributed by atoms with E-state index in [0.29, 0.717) is 5.13 Å². The number of hydrogen-bond donors (Lipinski definition) is 2. The van der Waals surface area contributed by atoms with Crippen LogP contribution in [0.25, 0.3) is 0 Å². The lowest BCUT2D eigenvalue weighted by Crippen LogP contribution is -2.37. The maximum atomic E-state index is 12.2. The molecule has 0 saturated carbocycles. The van der Waals surface area contributed by atoms with Crippen LogP contribution in [-0.2, 0) is 11.2 Å². The number of halogens is 1. The number of nitrogens with one attached hydrogen (secondary N) is 2. The zero-order valence-corrected chi connectivity index (χ0v) is 13.7. The highest BCUT2D eigenvalue weighted by atomic mass is 35.5. The molecule has 1 aromatic carbocycles. The summed E-state index contributed by atoms with van der Waals surface area (Å²) >= 11 is 7.52. The predicted molar refractivity (Wildman–Crippen MR) is 90.6 cm³/mol. The molecule has 0 radical (unpaired) electrons. The molecule has 1 atom stereocenters. The number of benzene rings is 1. The van der Waals surface area contributed by atoms with Crippen molar-refractivity contribution in [2.45, 2.75) is 19.3 Å². The Balaban J connectivity index is 1.60. The van der Waals surface area contributed by atoms with E-state index in [4.69, 9.17) is 11.6 Å². The minimum absolute atomic E-state index is 0.0500. The fraction of sp³-hybridized carbons (Fsp3) is 0.375. The summed E-state index contributed by atoms with van der Waals surface area (Å²) in [7, 11) is 0. The van der Waals surface area contributed by atoms with Crippen LogP contribution in [0.5, 0.6) is 0 Å². The molecular weight excluding hydrogens is 318 g/mol. The fourth-order valence-corrected chi connectivity index (χ4v) is 3.64. The molecule has 2 aromatic rings. The molecule has 1 aliphatic heterocycles. The van der Waals surface area contributed by atoms with E-state index in [1.54, 1.807) is 0 Å². The molecule has 1 saturated heterocycles. The van der Waals surface area contributed by atoms with Gasteiger partial charge in [-0.2, -0.15) is 0 Å². The average Bonchev–Trinajstić information content (AvgIpc) is 2.95. The molecule has 1 fully saturated rings. The first kappa shape index (κ1) is 15.5. The second-order valence-corrected chi connectivity index (χ2v) is 7.02. The minimum Gasteiger partial charge on any atom is -0.316 e. The Morgan fingerprint density at radius 2 is 2.41 bits per heavy atom. The number of amides is 1. The van der Waals surface area contributed by atoms with Crippen molar-refractivity contribution in [3.05, 3.63) is 45.9 Å². The zero-order chi connectivity index (χ0) is 15.4. The van der Waals surface area contributed by atoms with Gasteiger partial charge in [-0.05, 0) is 37.1 Å². The minimum atomic E-state index is 0.0500. The molecule has 0 bridgehead atoms. The van der Waals surface area contributed by atoms with E-state index in [2.05, 4.69) is 15.6 Å². The van der Waals surface area contributed by atoms with E-state index >= 15 is 0 Å². The van der Waals surface area contributed by atoms with Crippen molar-refractivity contribution in [2.75, 3.05) is 18.4 Å². The van der Waals surface area contributed by atoms with Crippen molar-refractivity contribution in [1.29, 1.82) is 0 Å². The molecule has 2 heterocycles. The smallest absolute Gasteiger partial charge is 0.230 e. The molecule has 4 nitrogen and oxygen atoms in total. The molecule has 1 amide bonds. The average molecular weight is 336 g/mol. The molecule has 0 aliphatic carbocycles. The van der Waals surface area contributed by atoms with E-state index in [0.717, 1.165) is 47.8 Å². The number of carbonyl (C=O) groups excluding carboxylic acids is 1. The van der Waals surface area contributed by atoms with Gasteiger partial charge in [0.15, 0.2) is 5.13 Å². The Morgan fingerprint density at radius 1 is 1.50 bits per heavy atom. The Kier molecular flexibility index (Phi) is 5.08. The van der Waals surface area contributed by atoms with Crippen LogP contribution in [0.4, 0.5) is 5.13 Å². The quantitative estimate of drug-likeness (QED) is 0.901. The first-order valence-corrected chi connectivity index (χ1v) is 8.61. The van der Waals surface area contributed by atoms with Crippen LogP contribution in [0.15, 0.2) is 30.5 Å². The first-order chi connectivity index (χ1) is 10.7. The number of hydrogen-bond acceptors (Lipinski definition) is 4. The number of thiazole rings is 1. The molecule has 3 rings (SSSR count). The summed E-state index contributed by atoms with van der Waals surface area (Å²) in [6.07, 6.45) is 4.59. The molecule has 116 valence electrons. The van der Waals surface area contributed by atoms with Crippen LogP contribution >= 0.6 is 22.9 Å². The van der Waals surface area contributed by atoms with Crippen LogP contribution in [0.2, 0.25) is 5.02 Å². The van der Waals surface area contributed by atoms with Gasteiger partial charge in [-0.3, -0.25) is 4.79 Å². The number of aromatic nitrogens is 1. The van der Waals surface area contributed by atoms with Gasteiger partial charge in [-0.15, -0.1) is 11.3 Å². The Labute approximate surface area is 138 Å². The van der Waals surface area contributed by atoms with E-state index in [1.807, 2.05) is 30.5 Å². The van der Waals surface area contributed by atoms with Gasteiger partial charge in [-0.25, -0.2) is 4.98 Å². The van der Waals surface area contributed by atoms with Crippen molar-refractivity contribution in [1.82, 2.24) is 10.3 Å². The van der Waals surface area contributed by atoms with Crippen LogP contribution < -0.4 is 10.6 Å². The third kappa shape index (κ3) is 4.06. The summed E-state index contributed by atoms with van der Waals surface area (Å²) in [5.74, 6) is 0.116. The van der Waals surface area contributed by atoms with Gasteiger partial charge in [0.05, 0.1) is 5.92 Å². The molecule has 1 unspecified atom stereocenters. The molecular formula is C16H18ClN3OS. The van der Waals surface area contributed by atoms with Gasteiger partial charge in [0.2, 0.25) is 5.91 Å². The van der Waals surface area contributed by atoms with Crippen LogP contribution in [0.1, 0.15) is 23.3 Å². The third-order valence-corrected chi connectivity index (χ3v) is 4.87. The lowest BCUT2D eigenvalue weighted by molar-refractivity contribution is -0.120. The molecule has 2 N–H and O–H groups in total. The maximum absolute atomic E-state index is 12.2. The Bertz CT molecular complexity index is 652. The molecule has 22 heavy (non-hydrogen) atoms. The predicted octanol–water partition coefficient (Wildman–Crippen LogP) is 3.33. The highest BCUT2D eigenvalue weighted by molar-refractivity contribution is 7.15. The zero-order valence-electron chi connectivity index (χ0n) is 12.1. The lowest BCUT2D eigenvalue weighted by atomic mass is 9.99. The van der Waals surface area contributed by atoms with Gasteiger partial charge >= 0.3 is 0 Å². The standard InChI is InChI=1S/C16H18ClN3OS/c17-13-5-1-3-11(7-13)8-14-10-19-16(22-14)20-15(21)12-4-2-6-18-9-12/h1,3,5,7,10,12,18H,2,4,6,8-9H2,(H,19,20,21). The topological polar surface area (TPSA) is 54.0 Å². The number of carbonyl (C=O) groups is 1. The van der Waals surface area contributed by atoms with Crippen molar-refractivity contribution < 1.29 is 4.79 Å². The van der Waals surface area contributed by atoms with Crippen molar-refractivity contribution >= 4 is 34.0 Å². The van der Waals surface area contributed by atoms with Crippen LogP contribution in [0, 0.1) is 5.92 Å². The molecule has 0 spiro atoms. The van der Waals surface area contributed by atoms with Gasteiger partial charge in [-0.1, -0.05) is 23.7 Å². The number of rotatable bonds is 4. The Hall–Kier alpha value is -1.43. The van der Waals surface area contributed by atoms with E-state index < -0.39 is 0 Å². The molecule has 1 aromatic heterocycles. The second-order valence-electron chi connectivity index (χ2n) is 5.47. The fourth-order valence-electron chi connectivity index (χ4n) is 2.58. The third-order valence-electron chi connectivity index (χ3n) is 3.72. The lowest BCUT2D eigenvalue weighted by Gasteiger charge is -2.21. The number of anilines is 1. The first-order valence-electron chi connectivity index (χ1n) is 7.41. The monoisotopic (exact) mass is 335 g/mol. The second kappa shape index (κ2) is 7.22. The number of nitrogens with zero attached hydrogens (tertiary/aromatic N) is 1. The summed E-state index contributed by atoms with van der Waals surface area (Å²) in [6, 6.07) is 7.80. The maximum Gasteiger partial charge on any atom is 0.230 e. The van der Waals surface area contributed by atoms with Gasteiger partial charge in [0, 0.05) is 29.1 Å². The Morgan fingerprint density at radius 3 is 3.18 bits per heavy atom. The summed E-state index contributed by atoms with van der Waals surface area (Å²) in [4.78, 5) is 17.6. The van der Waals surface area contributed by atoms with E-state index in [9.17, 15) is 4.79 Å². The SMILES string of the molecule is O=C(Nc1ncc(Cc2cccc(Cl)c2)s1)C1CCCNC1. The van der Waals surface area contributed by atoms with Crippen molar-refractivity contribution in [3.8, 4) is 0 Å². The summed E-state index contributed by atoms with van der Waals surface area (Å²) < 4.78 is 0. The number of piperidine rings is 1. The largest absolute Gasteiger partial charge is 0.316 e. The van der Waals surface area contributed by atoms with Crippen LogP contribution in [-0.4, -0.2) is 24.0 Å². The van der Waals surface area contributed by atoms with Gasteiger partial charge < -0.3 is 10.6 Å². The van der Waals surface area contributed by atoms with Crippen molar-refractivity contribution in [3.63, 3.8) is 0 Å². The van der Waals surface area contributed by atoms with E-state index in [-0.39, 0.29) is 11.8 Å². The van der Waals surface area contributed by atoms with Gasteiger partial charge in [0.25, 0.3) is 0 Å². The highest BCUT2D eigenvalue weighted by Crippen LogP contribution is 2.23. The summed E-state index contributed by atoms with van der Waals surface area (Å²) in [6.45, 7) is 1.76. The normalized spacial score (nSPS) is 18.1. The summed E-state index contributed by atoms with van der Waals surface area (Å²) in [5, 5.41) is 7.60. The summed E-state index contributed by atoms with van der Waals surface area (Å²) in [5.41, 5.74) is 1.14. The van der Waals surface area contributed by atoms with Crippen molar-refractivity contribution in [2.24, 2.45) is 5.92 Å². The van der Waals surface area contributed by atoms with Crippen LogP contribution in [0.3, 0.4) is 0 Å². The highest BCUT2D eigenvalue weighted by Gasteiger charge is 2.21. The van der Waals surface area contributed by atoms with Gasteiger partial charge in [0.1, 0.15) is 0 Å². The molecule has 6 heteroatoms.